The second kappa shape index (κ2) is 5.15. The van der Waals surface area contributed by atoms with Gasteiger partial charge >= 0.3 is 0 Å². The average molecular weight is 304 g/mol. The highest BCUT2D eigenvalue weighted by atomic mass is 35.5. The van der Waals surface area contributed by atoms with Gasteiger partial charge in [-0.15, -0.1) is 0 Å². The number of nitrogens with two attached hydrogens (primary N) is 1. The van der Waals surface area contributed by atoms with Crippen molar-refractivity contribution in [2.24, 2.45) is 5.73 Å². The molecule has 0 aromatic carbocycles. The number of nitrogens with zero attached hydrogens (tertiary/aromatic N) is 3. The zero-order chi connectivity index (χ0) is 15.1. The smallest absolute Gasteiger partial charge is 0.164 e. The Kier molecular flexibility index (Phi) is 3.45. The normalized spacial score (nSPS) is 14.0. The van der Waals surface area contributed by atoms with Crippen LogP contribution in [-0.4, -0.2) is 20.6 Å². The van der Waals surface area contributed by atoms with Gasteiger partial charge in [0, 0.05) is 5.69 Å². The highest BCUT2D eigenvalue weighted by Gasteiger charge is 2.20. The fraction of sp³-hybridized carbons (Fsp3) is 0.400. The van der Waals surface area contributed by atoms with Gasteiger partial charge < -0.3 is 5.73 Å². The summed E-state index contributed by atoms with van der Waals surface area (Å²) in [4.78, 5) is 4.74. The lowest BCUT2D eigenvalue weighted by Gasteiger charge is -2.18. The minimum atomic E-state index is 0.00884. The van der Waals surface area contributed by atoms with E-state index >= 15 is 0 Å². The Morgan fingerprint density at radius 2 is 2.05 bits per heavy atom. The molecule has 2 aromatic heterocycles. The molecule has 0 spiro atoms. The molecule has 0 saturated carbocycles. The number of fused-ring (bicyclic) bond motifs is 1. The molecule has 0 radical (unpaired) electrons. The van der Waals surface area contributed by atoms with Crippen molar-refractivity contribution >= 4 is 17.4 Å². The average Bonchev–Trinajstić information content (AvgIpc) is 2.73. The quantitative estimate of drug-likeness (QED) is 0.661. The number of aromatic nitrogens is 3. The van der Waals surface area contributed by atoms with Crippen LogP contribution in [0, 0.1) is 19.3 Å². The molecule has 0 bridgehead atoms. The van der Waals surface area contributed by atoms with Gasteiger partial charge in [0.15, 0.2) is 5.82 Å². The molecular formula is C15H18ClN5. The molecule has 2 heterocycles. The fourth-order valence-corrected chi connectivity index (χ4v) is 2.93. The zero-order valence-electron chi connectivity index (χ0n) is 12.2. The topological polar surface area (TPSA) is 80.6 Å². The Hall–Kier alpha value is -1.88. The van der Waals surface area contributed by atoms with Crippen LogP contribution in [0.5, 0.6) is 0 Å². The number of hydrogen-bond acceptors (Lipinski definition) is 3. The number of halogens is 1. The second-order valence-electron chi connectivity index (χ2n) is 5.48. The Labute approximate surface area is 128 Å². The predicted molar refractivity (Wildman–Crippen MR) is 83.5 cm³/mol. The van der Waals surface area contributed by atoms with Gasteiger partial charge in [-0.05, 0) is 51.2 Å². The lowest BCUT2D eigenvalue weighted by Crippen LogP contribution is -2.20. The first kappa shape index (κ1) is 14.1. The van der Waals surface area contributed by atoms with Crippen LogP contribution in [0.2, 0.25) is 5.02 Å². The van der Waals surface area contributed by atoms with Crippen LogP contribution in [0.1, 0.15) is 41.1 Å². The number of rotatable bonds is 2. The minimum absolute atomic E-state index is 0.00884. The third-order valence-electron chi connectivity index (χ3n) is 3.97. The van der Waals surface area contributed by atoms with Crippen molar-refractivity contribution in [2.45, 2.75) is 39.5 Å². The Balaban J connectivity index is 2.25. The molecular weight excluding hydrogens is 286 g/mol. The summed E-state index contributed by atoms with van der Waals surface area (Å²) in [7, 11) is 0. The van der Waals surface area contributed by atoms with Crippen molar-refractivity contribution in [3.8, 4) is 5.82 Å². The summed E-state index contributed by atoms with van der Waals surface area (Å²) >= 11 is 6.23. The Morgan fingerprint density at radius 1 is 1.33 bits per heavy atom. The Bertz CT molecular complexity index is 732. The number of hydrogen-bond donors (Lipinski definition) is 2. The highest BCUT2D eigenvalue weighted by molar-refractivity contribution is 6.31. The van der Waals surface area contributed by atoms with Crippen LogP contribution in [-0.2, 0) is 12.8 Å². The van der Waals surface area contributed by atoms with Crippen molar-refractivity contribution in [2.75, 3.05) is 0 Å². The third kappa shape index (κ3) is 2.31. The number of nitrogens with one attached hydrogen (secondary N) is 1. The van der Waals surface area contributed by atoms with Crippen LogP contribution in [0.15, 0.2) is 6.07 Å². The lowest BCUT2D eigenvalue weighted by molar-refractivity contribution is 0.660. The van der Waals surface area contributed by atoms with E-state index in [1.54, 1.807) is 4.68 Å². The van der Waals surface area contributed by atoms with E-state index < -0.39 is 0 Å². The molecule has 0 fully saturated rings. The third-order valence-corrected chi connectivity index (χ3v) is 4.52. The van der Waals surface area contributed by atoms with Crippen molar-refractivity contribution < 1.29 is 0 Å². The van der Waals surface area contributed by atoms with Gasteiger partial charge in [0.25, 0.3) is 0 Å². The van der Waals surface area contributed by atoms with Gasteiger partial charge in [-0.1, -0.05) is 11.6 Å². The summed E-state index contributed by atoms with van der Waals surface area (Å²) in [6.45, 7) is 3.76. The summed E-state index contributed by atoms with van der Waals surface area (Å²) in [6, 6.07) is 1.99. The first-order chi connectivity index (χ1) is 9.99. The molecule has 1 aliphatic rings. The van der Waals surface area contributed by atoms with Crippen LogP contribution in [0.3, 0.4) is 0 Å². The molecule has 2 aromatic rings. The van der Waals surface area contributed by atoms with E-state index in [0.717, 1.165) is 42.8 Å². The van der Waals surface area contributed by atoms with E-state index in [0.29, 0.717) is 16.4 Å². The molecule has 5 nitrogen and oxygen atoms in total. The van der Waals surface area contributed by atoms with Crippen LogP contribution >= 0.6 is 11.6 Å². The standard InChI is InChI=1S/C15H18ClN5/c1-8-13(16)9(2)21(20-8)15-11(14(17)18)7-10-5-3-4-6-12(10)19-15/h7H,3-6H2,1-2H3,(H3,17,18). The minimum Gasteiger partial charge on any atom is -0.384 e. The molecule has 0 atom stereocenters. The predicted octanol–water partition coefficient (Wildman–Crippen LogP) is 2.70. The molecule has 1 aliphatic carbocycles. The maximum Gasteiger partial charge on any atom is 0.164 e. The van der Waals surface area contributed by atoms with Crippen molar-refractivity contribution in [3.05, 3.63) is 39.3 Å². The molecule has 0 aliphatic heterocycles. The summed E-state index contributed by atoms with van der Waals surface area (Å²) in [5, 5.41) is 12.9. The fourth-order valence-electron chi connectivity index (χ4n) is 2.81. The maximum atomic E-state index is 7.84. The maximum absolute atomic E-state index is 7.84. The lowest BCUT2D eigenvalue weighted by atomic mass is 9.94. The van der Waals surface area contributed by atoms with E-state index in [-0.39, 0.29) is 5.84 Å². The molecule has 0 amide bonds. The van der Waals surface area contributed by atoms with Crippen LogP contribution < -0.4 is 5.73 Å². The molecule has 3 rings (SSSR count). The number of nitrogen functional groups attached to an aromatic ring is 1. The van der Waals surface area contributed by atoms with Gasteiger partial charge in [-0.3, -0.25) is 5.41 Å². The molecule has 0 saturated heterocycles. The summed E-state index contributed by atoms with van der Waals surface area (Å²) in [5.41, 5.74) is 10.2. The highest BCUT2D eigenvalue weighted by Crippen LogP contribution is 2.27. The number of amidine groups is 1. The Morgan fingerprint density at radius 3 is 2.67 bits per heavy atom. The van der Waals surface area contributed by atoms with E-state index in [2.05, 4.69) is 5.10 Å². The zero-order valence-corrected chi connectivity index (χ0v) is 13.0. The van der Waals surface area contributed by atoms with Gasteiger partial charge in [0.1, 0.15) is 5.84 Å². The molecule has 110 valence electrons. The summed E-state index contributed by atoms with van der Waals surface area (Å²) in [5.74, 6) is 0.616. The summed E-state index contributed by atoms with van der Waals surface area (Å²) < 4.78 is 1.70. The first-order valence-corrected chi connectivity index (χ1v) is 7.46. The largest absolute Gasteiger partial charge is 0.384 e. The van der Waals surface area contributed by atoms with E-state index in [9.17, 15) is 0 Å². The molecule has 3 N–H and O–H groups in total. The van der Waals surface area contributed by atoms with Gasteiger partial charge in [-0.25, -0.2) is 9.67 Å². The van der Waals surface area contributed by atoms with Crippen molar-refractivity contribution in [3.63, 3.8) is 0 Å². The number of pyridine rings is 1. The van der Waals surface area contributed by atoms with Gasteiger partial charge in [-0.2, -0.15) is 5.10 Å². The van der Waals surface area contributed by atoms with E-state index in [1.807, 2.05) is 19.9 Å². The summed E-state index contributed by atoms with van der Waals surface area (Å²) in [6.07, 6.45) is 4.28. The van der Waals surface area contributed by atoms with E-state index in [4.69, 9.17) is 27.7 Å². The van der Waals surface area contributed by atoms with Gasteiger partial charge in [0.2, 0.25) is 0 Å². The monoisotopic (exact) mass is 303 g/mol. The SMILES string of the molecule is Cc1nn(-c2nc3c(cc2C(=N)N)CCCC3)c(C)c1Cl. The van der Waals surface area contributed by atoms with Crippen molar-refractivity contribution in [1.29, 1.82) is 5.41 Å². The van der Waals surface area contributed by atoms with Crippen LogP contribution in [0.4, 0.5) is 0 Å². The first-order valence-electron chi connectivity index (χ1n) is 7.08. The molecule has 0 unspecified atom stereocenters. The van der Waals surface area contributed by atoms with Crippen molar-refractivity contribution in [1.82, 2.24) is 14.8 Å². The van der Waals surface area contributed by atoms with E-state index in [1.165, 1.54) is 5.56 Å². The van der Waals surface area contributed by atoms with Crippen LogP contribution in [0.25, 0.3) is 5.82 Å². The number of aryl methyl sites for hydroxylation is 3. The molecule has 21 heavy (non-hydrogen) atoms. The second-order valence-corrected chi connectivity index (χ2v) is 5.86. The van der Waals surface area contributed by atoms with Gasteiger partial charge in [0.05, 0.1) is 22.0 Å². The molecule has 6 heteroatoms.